The molecular formula is C20H23F3N4O2S. The largest absolute Gasteiger partial charge is 0.416 e. The molecule has 1 N–H and O–H groups in total. The van der Waals surface area contributed by atoms with Crippen molar-refractivity contribution in [1.82, 2.24) is 9.88 Å². The van der Waals surface area contributed by atoms with Gasteiger partial charge in [0.25, 0.3) is 10.0 Å². The minimum Gasteiger partial charge on any atom is -0.352 e. The standard InChI is InChI=1S/C20H23F3N4O2S/c1-3-11-26-12-13-27(14-15(26)2)19-18(5-4-10-24-19)25-30(28,29)17-8-6-16(7-9-17)20(21,22)23/h3-10,15,25H,1,11-14H2,2H3. The molecule has 0 spiro atoms. The number of alkyl halides is 3. The van der Waals surface area contributed by atoms with E-state index in [1.165, 1.54) is 0 Å². The molecule has 0 saturated carbocycles. The number of piperazine rings is 1. The third kappa shape index (κ3) is 4.93. The van der Waals surface area contributed by atoms with Crippen molar-refractivity contribution in [2.75, 3.05) is 35.8 Å². The van der Waals surface area contributed by atoms with E-state index in [4.69, 9.17) is 0 Å². The summed E-state index contributed by atoms with van der Waals surface area (Å²) in [6.07, 6.45) is -1.11. The highest BCUT2D eigenvalue weighted by molar-refractivity contribution is 7.92. The second kappa shape index (κ2) is 8.65. The first-order chi connectivity index (χ1) is 14.1. The summed E-state index contributed by atoms with van der Waals surface area (Å²) < 4.78 is 66.2. The van der Waals surface area contributed by atoms with Crippen LogP contribution in [0.5, 0.6) is 0 Å². The first kappa shape index (κ1) is 22.1. The van der Waals surface area contributed by atoms with Gasteiger partial charge in [-0.15, -0.1) is 6.58 Å². The Bertz CT molecular complexity index is 994. The number of hydrogen-bond acceptors (Lipinski definition) is 5. The van der Waals surface area contributed by atoms with Gasteiger partial charge in [-0.1, -0.05) is 6.08 Å². The molecule has 30 heavy (non-hydrogen) atoms. The van der Waals surface area contributed by atoms with Crippen molar-refractivity contribution < 1.29 is 21.6 Å². The Labute approximate surface area is 174 Å². The van der Waals surface area contributed by atoms with Crippen molar-refractivity contribution in [3.63, 3.8) is 0 Å². The minimum atomic E-state index is -4.53. The van der Waals surface area contributed by atoms with E-state index < -0.39 is 21.8 Å². The van der Waals surface area contributed by atoms with Crippen LogP contribution in [0.2, 0.25) is 0 Å². The number of benzene rings is 1. The summed E-state index contributed by atoms with van der Waals surface area (Å²) in [5.74, 6) is 0.484. The van der Waals surface area contributed by atoms with Gasteiger partial charge in [0.15, 0.2) is 5.82 Å². The van der Waals surface area contributed by atoms with Crippen LogP contribution in [-0.4, -0.2) is 50.5 Å². The fourth-order valence-corrected chi connectivity index (χ4v) is 4.44. The fraction of sp³-hybridized carbons (Fsp3) is 0.350. The minimum absolute atomic E-state index is 0.220. The smallest absolute Gasteiger partial charge is 0.352 e. The molecule has 1 atom stereocenters. The van der Waals surface area contributed by atoms with Crippen molar-refractivity contribution in [2.45, 2.75) is 24.0 Å². The first-order valence-electron chi connectivity index (χ1n) is 9.37. The Morgan fingerprint density at radius 2 is 1.93 bits per heavy atom. The molecule has 1 aromatic carbocycles. The first-order valence-corrected chi connectivity index (χ1v) is 10.8. The summed E-state index contributed by atoms with van der Waals surface area (Å²) >= 11 is 0. The third-order valence-electron chi connectivity index (χ3n) is 4.95. The average Bonchev–Trinajstić information content (AvgIpc) is 2.69. The molecule has 1 saturated heterocycles. The fourth-order valence-electron chi connectivity index (χ4n) is 3.38. The van der Waals surface area contributed by atoms with Gasteiger partial charge in [0.1, 0.15) is 0 Å². The quantitative estimate of drug-likeness (QED) is 0.696. The van der Waals surface area contributed by atoms with E-state index in [0.29, 0.717) is 18.9 Å². The van der Waals surface area contributed by atoms with Crippen LogP contribution in [0, 0.1) is 0 Å². The number of rotatable bonds is 6. The van der Waals surface area contributed by atoms with Crippen molar-refractivity contribution in [3.05, 3.63) is 60.8 Å². The van der Waals surface area contributed by atoms with E-state index >= 15 is 0 Å². The lowest BCUT2D eigenvalue weighted by Crippen LogP contribution is -2.52. The molecule has 3 rings (SSSR count). The SMILES string of the molecule is C=CCN1CCN(c2ncccc2NS(=O)(=O)c2ccc(C(F)(F)F)cc2)CC1C. The molecule has 10 heteroatoms. The Morgan fingerprint density at radius 3 is 2.53 bits per heavy atom. The van der Waals surface area contributed by atoms with Crippen LogP contribution >= 0.6 is 0 Å². The average molecular weight is 440 g/mol. The zero-order valence-electron chi connectivity index (χ0n) is 16.4. The van der Waals surface area contributed by atoms with E-state index in [9.17, 15) is 21.6 Å². The molecule has 2 heterocycles. The molecule has 1 aliphatic heterocycles. The molecule has 2 aromatic rings. The maximum absolute atomic E-state index is 12.7. The third-order valence-corrected chi connectivity index (χ3v) is 6.33. The van der Waals surface area contributed by atoms with Gasteiger partial charge >= 0.3 is 6.18 Å². The van der Waals surface area contributed by atoms with Crippen LogP contribution in [0.3, 0.4) is 0 Å². The molecule has 6 nitrogen and oxygen atoms in total. The highest BCUT2D eigenvalue weighted by Gasteiger charge is 2.31. The predicted octanol–water partition coefficient (Wildman–Crippen LogP) is 3.60. The number of hydrogen-bond donors (Lipinski definition) is 1. The number of nitrogens with zero attached hydrogens (tertiary/aromatic N) is 3. The lowest BCUT2D eigenvalue weighted by Gasteiger charge is -2.40. The van der Waals surface area contributed by atoms with Crippen LogP contribution < -0.4 is 9.62 Å². The molecule has 0 aliphatic carbocycles. The van der Waals surface area contributed by atoms with E-state index in [2.05, 4.69) is 28.1 Å². The van der Waals surface area contributed by atoms with Crippen LogP contribution in [0.4, 0.5) is 24.7 Å². The maximum atomic E-state index is 12.7. The lowest BCUT2D eigenvalue weighted by atomic mass is 10.2. The van der Waals surface area contributed by atoms with Gasteiger partial charge in [0.2, 0.25) is 0 Å². The molecule has 162 valence electrons. The van der Waals surface area contributed by atoms with Gasteiger partial charge in [-0.2, -0.15) is 13.2 Å². The Kier molecular flexibility index (Phi) is 6.37. The topological polar surface area (TPSA) is 65.5 Å². The summed E-state index contributed by atoms with van der Waals surface area (Å²) in [5.41, 5.74) is -0.628. The van der Waals surface area contributed by atoms with Crippen LogP contribution in [0.15, 0.2) is 60.1 Å². The van der Waals surface area contributed by atoms with Gasteiger partial charge in [-0.05, 0) is 43.3 Å². The van der Waals surface area contributed by atoms with E-state index in [0.717, 1.165) is 37.4 Å². The molecule has 1 unspecified atom stereocenters. The summed E-state index contributed by atoms with van der Waals surface area (Å²) in [6.45, 7) is 8.69. The van der Waals surface area contributed by atoms with Gasteiger partial charge in [0, 0.05) is 38.4 Å². The molecule has 0 radical (unpaired) electrons. The summed E-state index contributed by atoms with van der Waals surface area (Å²) in [6, 6.07) is 6.79. The van der Waals surface area contributed by atoms with Gasteiger partial charge < -0.3 is 4.90 Å². The van der Waals surface area contributed by atoms with E-state index in [1.807, 2.05) is 11.0 Å². The van der Waals surface area contributed by atoms with Crippen molar-refractivity contribution in [3.8, 4) is 0 Å². The zero-order chi connectivity index (χ0) is 21.9. The number of nitrogens with one attached hydrogen (secondary N) is 1. The molecule has 1 fully saturated rings. The number of halogens is 3. The van der Waals surface area contributed by atoms with Crippen molar-refractivity contribution >= 4 is 21.5 Å². The summed E-state index contributed by atoms with van der Waals surface area (Å²) in [4.78, 5) is 8.35. The number of sulfonamides is 1. The van der Waals surface area contributed by atoms with Crippen molar-refractivity contribution in [2.24, 2.45) is 0 Å². The van der Waals surface area contributed by atoms with E-state index in [1.54, 1.807) is 18.3 Å². The normalized spacial score (nSPS) is 18.3. The van der Waals surface area contributed by atoms with Crippen LogP contribution in [0.25, 0.3) is 0 Å². The second-order valence-corrected chi connectivity index (χ2v) is 8.76. The van der Waals surface area contributed by atoms with Gasteiger partial charge in [-0.25, -0.2) is 13.4 Å². The Morgan fingerprint density at radius 1 is 1.23 bits per heavy atom. The highest BCUT2D eigenvalue weighted by Crippen LogP contribution is 2.31. The Balaban J connectivity index is 1.81. The zero-order valence-corrected chi connectivity index (χ0v) is 17.2. The highest BCUT2D eigenvalue weighted by atomic mass is 32.2. The van der Waals surface area contributed by atoms with Gasteiger partial charge in [-0.3, -0.25) is 9.62 Å². The monoisotopic (exact) mass is 440 g/mol. The lowest BCUT2D eigenvalue weighted by molar-refractivity contribution is -0.137. The molecule has 0 bridgehead atoms. The second-order valence-electron chi connectivity index (χ2n) is 7.08. The van der Waals surface area contributed by atoms with Gasteiger partial charge in [0.05, 0.1) is 16.1 Å². The van der Waals surface area contributed by atoms with Crippen LogP contribution in [0.1, 0.15) is 12.5 Å². The van der Waals surface area contributed by atoms with E-state index in [-0.39, 0.29) is 16.6 Å². The summed E-state index contributed by atoms with van der Waals surface area (Å²) in [5, 5.41) is 0. The van der Waals surface area contributed by atoms with Crippen LogP contribution in [-0.2, 0) is 16.2 Å². The molecule has 0 amide bonds. The molecular weight excluding hydrogens is 417 g/mol. The Hall–Kier alpha value is -2.59. The number of pyridine rings is 1. The van der Waals surface area contributed by atoms with Crippen molar-refractivity contribution in [1.29, 1.82) is 0 Å². The number of aromatic nitrogens is 1. The molecule has 1 aliphatic rings. The number of anilines is 2. The molecule has 1 aromatic heterocycles. The predicted molar refractivity (Wildman–Crippen MR) is 110 cm³/mol. The summed E-state index contributed by atoms with van der Waals surface area (Å²) in [7, 11) is -4.08. The maximum Gasteiger partial charge on any atom is 0.416 e.